The Hall–Kier alpha value is -2.55. The van der Waals surface area contributed by atoms with Gasteiger partial charge >= 0.3 is 6.18 Å². The zero-order valence-electron chi connectivity index (χ0n) is 14.3. The predicted octanol–water partition coefficient (Wildman–Crippen LogP) is 3.82. The highest BCUT2D eigenvalue weighted by atomic mass is 32.2. The summed E-state index contributed by atoms with van der Waals surface area (Å²) >= 11 is 1.10. The summed E-state index contributed by atoms with van der Waals surface area (Å²) in [5.74, 6) is -0.103. The van der Waals surface area contributed by atoms with E-state index < -0.39 is 17.0 Å². The van der Waals surface area contributed by atoms with Gasteiger partial charge in [-0.05, 0) is 37.1 Å². The molecule has 0 aliphatic carbocycles. The molecule has 3 aromatic rings. The van der Waals surface area contributed by atoms with Gasteiger partial charge in [0.25, 0.3) is 0 Å². The van der Waals surface area contributed by atoms with Crippen LogP contribution in [-0.2, 0) is 17.4 Å². The van der Waals surface area contributed by atoms with Gasteiger partial charge in [0.15, 0.2) is 10.8 Å². The van der Waals surface area contributed by atoms with Crippen molar-refractivity contribution in [2.24, 2.45) is 0 Å². The number of carbonyl (C=O) groups is 1. The number of fused-ring (bicyclic) bond motifs is 2. The minimum atomic E-state index is -4.46. The molecule has 3 heterocycles. The summed E-state index contributed by atoms with van der Waals surface area (Å²) in [5.41, 5.74) is 1.52. The van der Waals surface area contributed by atoms with E-state index in [-0.39, 0.29) is 11.1 Å². The summed E-state index contributed by atoms with van der Waals surface area (Å²) in [7, 11) is 0. The van der Waals surface area contributed by atoms with Crippen LogP contribution in [0.3, 0.4) is 0 Å². The van der Waals surface area contributed by atoms with E-state index in [1.165, 1.54) is 10.5 Å². The smallest absolute Gasteiger partial charge is 0.311 e. The summed E-state index contributed by atoms with van der Waals surface area (Å²) in [6.45, 7) is 2.32. The lowest BCUT2D eigenvalue weighted by Crippen LogP contribution is -2.35. The van der Waals surface area contributed by atoms with Crippen molar-refractivity contribution >= 4 is 29.0 Å². The molecular formula is C18H15F3N4OS. The molecule has 1 amide bonds. The van der Waals surface area contributed by atoms with Crippen LogP contribution in [0.15, 0.2) is 47.8 Å². The first-order valence-electron chi connectivity index (χ1n) is 8.32. The van der Waals surface area contributed by atoms with Crippen molar-refractivity contribution in [3.8, 4) is 0 Å². The third kappa shape index (κ3) is 3.27. The van der Waals surface area contributed by atoms with Gasteiger partial charge in [-0.1, -0.05) is 30.0 Å². The third-order valence-electron chi connectivity index (χ3n) is 4.48. The topological polar surface area (TPSA) is 50.5 Å². The number of alkyl halides is 3. The van der Waals surface area contributed by atoms with Crippen molar-refractivity contribution in [1.82, 2.24) is 14.6 Å². The van der Waals surface area contributed by atoms with Crippen LogP contribution >= 0.6 is 11.8 Å². The van der Waals surface area contributed by atoms with Crippen LogP contribution in [0.2, 0.25) is 0 Å². The molecule has 27 heavy (non-hydrogen) atoms. The van der Waals surface area contributed by atoms with Crippen molar-refractivity contribution in [2.45, 2.75) is 29.9 Å². The van der Waals surface area contributed by atoms with Gasteiger partial charge in [0, 0.05) is 18.4 Å². The molecule has 9 heteroatoms. The largest absolute Gasteiger partial charge is 0.417 e. The van der Waals surface area contributed by atoms with Gasteiger partial charge in [-0.25, -0.2) is 0 Å². The van der Waals surface area contributed by atoms with Crippen molar-refractivity contribution in [3.05, 3.63) is 53.7 Å². The standard InChI is InChI=1S/C18H15F3N4OS/c1-11(16(26)24-9-8-12-4-2-3-5-14(12)24)27-17-23-22-15-7-6-13(10-25(15)17)18(19,20)21/h2-7,10-11H,8-9H2,1H3. The zero-order chi connectivity index (χ0) is 19.2. The van der Waals surface area contributed by atoms with Crippen LogP contribution in [-0.4, -0.2) is 32.3 Å². The molecule has 1 unspecified atom stereocenters. The first-order valence-corrected chi connectivity index (χ1v) is 9.20. The number of halogens is 3. The fraction of sp³-hybridized carbons (Fsp3) is 0.278. The molecule has 0 spiro atoms. The Kier molecular flexibility index (Phi) is 4.33. The Labute approximate surface area is 157 Å². The third-order valence-corrected chi connectivity index (χ3v) is 5.53. The maximum Gasteiger partial charge on any atom is 0.417 e. The van der Waals surface area contributed by atoms with Crippen molar-refractivity contribution in [3.63, 3.8) is 0 Å². The number of hydrogen-bond donors (Lipinski definition) is 0. The minimum Gasteiger partial charge on any atom is -0.311 e. The van der Waals surface area contributed by atoms with Crippen molar-refractivity contribution in [1.29, 1.82) is 0 Å². The van der Waals surface area contributed by atoms with E-state index in [1.807, 2.05) is 24.3 Å². The second-order valence-electron chi connectivity index (χ2n) is 6.25. The number of anilines is 1. The van der Waals surface area contributed by atoms with Gasteiger partial charge in [-0.15, -0.1) is 10.2 Å². The molecule has 0 fully saturated rings. The number of carbonyl (C=O) groups excluding carboxylic acids is 1. The van der Waals surface area contributed by atoms with Gasteiger partial charge in [0.1, 0.15) is 0 Å². The van der Waals surface area contributed by atoms with E-state index in [4.69, 9.17) is 0 Å². The molecular weight excluding hydrogens is 377 g/mol. The van der Waals surface area contributed by atoms with E-state index in [1.54, 1.807) is 11.8 Å². The normalized spacial score (nSPS) is 15.2. The summed E-state index contributed by atoms with van der Waals surface area (Å²) in [6, 6.07) is 9.95. The lowest BCUT2D eigenvalue weighted by Gasteiger charge is -2.21. The van der Waals surface area contributed by atoms with Crippen molar-refractivity contribution in [2.75, 3.05) is 11.4 Å². The Morgan fingerprint density at radius 2 is 1.96 bits per heavy atom. The Morgan fingerprint density at radius 1 is 1.19 bits per heavy atom. The van der Waals surface area contributed by atoms with Crippen LogP contribution in [0.4, 0.5) is 18.9 Å². The van der Waals surface area contributed by atoms with Crippen LogP contribution in [0, 0.1) is 0 Å². The summed E-state index contributed by atoms with van der Waals surface area (Å²) in [5, 5.41) is 7.58. The molecule has 2 aromatic heterocycles. The number of amides is 1. The number of benzene rings is 1. The highest BCUT2D eigenvalue weighted by Gasteiger charge is 2.32. The number of rotatable bonds is 3. The van der Waals surface area contributed by atoms with Crippen LogP contribution < -0.4 is 4.90 Å². The first-order chi connectivity index (χ1) is 12.8. The number of hydrogen-bond acceptors (Lipinski definition) is 4. The second-order valence-corrected chi connectivity index (χ2v) is 7.56. The van der Waals surface area contributed by atoms with Crippen LogP contribution in [0.25, 0.3) is 5.65 Å². The van der Waals surface area contributed by atoms with Gasteiger partial charge in [0.2, 0.25) is 5.91 Å². The van der Waals surface area contributed by atoms with Crippen LogP contribution in [0.5, 0.6) is 0 Å². The maximum absolute atomic E-state index is 13.0. The average molecular weight is 392 g/mol. The molecule has 1 atom stereocenters. The lowest BCUT2D eigenvalue weighted by molar-refractivity contribution is -0.137. The van der Waals surface area contributed by atoms with E-state index in [0.717, 1.165) is 41.7 Å². The fourth-order valence-corrected chi connectivity index (χ4v) is 4.01. The first kappa shape index (κ1) is 17.8. The van der Waals surface area contributed by atoms with Gasteiger partial charge in [0.05, 0.1) is 10.8 Å². The monoisotopic (exact) mass is 392 g/mol. The number of pyridine rings is 1. The molecule has 4 rings (SSSR count). The Morgan fingerprint density at radius 3 is 2.74 bits per heavy atom. The molecule has 1 aliphatic rings. The molecule has 0 saturated heterocycles. The van der Waals surface area contributed by atoms with Gasteiger partial charge in [-0.3, -0.25) is 9.20 Å². The molecule has 140 valence electrons. The second kappa shape index (κ2) is 6.56. The fourth-order valence-electron chi connectivity index (χ4n) is 3.11. The highest BCUT2D eigenvalue weighted by Crippen LogP contribution is 2.33. The SMILES string of the molecule is CC(Sc1nnc2ccc(C(F)(F)F)cn12)C(=O)N1CCc2ccccc21. The number of para-hydroxylation sites is 1. The molecule has 0 N–H and O–H groups in total. The van der Waals surface area contributed by atoms with E-state index in [0.29, 0.717) is 12.2 Å². The highest BCUT2D eigenvalue weighted by molar-refractivity contribution is 8.00. The van der Waals surface area contributed by atoms with Gasteiger partial charge < -0.3 is 4.90 Å². The van der Waals surface area contributed by atoms with Gasteiger partial charge in [-0.2, -0.15) is 13.2 Å². The van der Waals surface area contributed by atoms with Crippen LogP contribution in [0.1, 0.15) is 18.1 Å². The molecule has 5 nitrogen and oxygen atoms in total. The average Bonchev–Trinajstić information content (AvgIpc) is 3.24. The summed E-state index contributed by atoms with van der Waals surface area (Å²) in [6.07, 6.45) is -2.71. The molecule has 1 aromatic carbocycles. The number of nitrogens with zero attached hydrogens (tertiary/aromatic N) is 4. The molecule has 0 bridgehead atoms. The summed E-state index contributed by atoms with van der Waals surface area (Å²) < 4.78 is 40.2. The summed E-state index contributed by atoms with van der Waals surface area (Å²) in [4.78, 5) is 14.6. The molecule has 0 radical (unpaired) electrons. The molecule has 0 saturated carbocycles. The molecule has 1 aliphatic heterocycles. The minimum absolute atomic E-state index is 0.103. The van der Waals surface area contributed by atoms with E-state index in [9.17, 15) is 18.0 Å². The Bertz CT molecular complexity index is 1020. The Balaban J connectivity index is 1.58. The number of aromatic nitrogens is 3. The van der Waals surface area contributed by atoms with E-state index >= 15 is 0 Å². The van der Waals surface area contributed by atoms with Crippen molar-refractivity contribution < 1.29 is 18.0 Å². The van der Waals surface area contributed by atoms with E-state index in [2.05, 4.69) is 10.2 Å². The number of thioether (sulfide) groups is 1. The predicted molar refractivity (Wildman–Crippen MR) is 95.8 cm³/mol. The lowest BCUT2D eigenvalue weighted by atomic mass is 10.2. The quantitative estimate of drug-likeness (QED) is 0.636. The maximum atomic E-state index is 13.0. The zero-order valence-corrected chi connectivity index (χ0v) is 15.1.